The number of carbonyl (C=O) groups is 1. The van der Waals surface area contributed by atoms with Crippen LogP contribution in [0.1, 0.15) is 78.6 Å². The lowest BCUT2D eigenvalue weighted by atomic mass is 10.1. The van der Waals surface area contributed by atoms with Gasteiger partial charge in [0.05, 0.1) is 0 Å². The summed E-state index contributed by atoms with van der Waals surface area (Å²) < 4.78 is 0. The first kappa shape index (κ1) is 18.6. The molecule has 1 atom stereocenters. The van der Waals surface area contributed by atoms with Crippen molar-refractivity contribution < 1.29 is 9.63 Å². The summed E-state index contributed by atoms with van der Waals surface area (Å²) in [5.74, 6) is 0.537. The average Bonchev–Trinajstić information content (AvgIpc) is 2.39. The largest absolute Gasteiger partial charge is 0.300 e. The lowest BCUT2D eigenvalue weighted by Crippen LogP contribution is -2.28. The quantitative estimate of drug-likeness (QED) is 0.291. The summed E-state index contributed by atoms with van der Waals surface area (Å²) in [6.07, 6.45) is 11.8. The van der Waals surface area contributed by atoms with Gasteiger partial charge in [-0.05, 0) is 12.3 Å². The van der Waals surface area contributed by atoms with Crippen LogP contribution in [0.5, 0.6) is 0 Å². The van der Waals surface area contributed by atoms with Crippen LogP contribution >= 0.6 is 0 Å². The third-order valence-electron chi connectivity index (χ3n) is 3.22. The Morgan fingerprint density at radius 1 is 1.00 bits per heavy atom. The monoisotopic (exact) mass is 271 g/mol. The molecule has 0 spiro atoms. The van der Waals surface area contributed by atoms with Crippen molar-refractivity contribution in [3.05, 3.63) is 0 Å². The molecule has 0 radical (unpaired) electrons. The van der Waals surface area contributed by atoms with E-state index in [2.05, 4.69) is 26.3 Å². The molecular weight excluding hydrogens is 238 g/mol. The van der Waals surface area contributed by atoms with E-state index in [1.165, 1.54) is 44.9 Å². The minimum absolute atomic E-state index is 0.279. The number of hydrogen-bond donors (Lipinski definition) is 1. The molecule has 19 heavy (non-hydrogen) atoms. The van der Waals surface area contributed by atoms with Gasteiger partial charge in [0, 0.05) is 6.54 Å². The van der Waals surface area contributed by atoms with Crippen LogP contribution < -0.4 is 5.48 Å². The number of aldehydes is 1. The van der Waals surface area contributed by atoms with E-state index in [1.807, 2.05) is 0 Å². The Labute approximate surface area is 119 Å². The fourth-order valence-electron chi connectivity index (χ4n) is 1.96. The van der Waals surface area contributed by atoms with Gasteiger partial charge in [-0.3, -0.25) is 4.84 Å². The van der Waals surface area contributed by atoms with E-state index in [9.17, 15) is 4.79 Å². The Morgan fingerprint density at radius 3 is 2.11 bits per heavy atom. The van der Waals surface area contributed by atoms with E-state index < -0.39 is 0 Å². The highest BCUT2D eigenvalue weighted by Gasteiger charge is 2.07. The molecule has 1 N–H and O–H groups in total. The topological polar surface area (TPSA) is 38.3 Å². The molecule has 3 nitrogen and oxygen atoms in total. The van der Waals surface area contributed by atoms with E-state index in [4.69, 9.17) is 4.84 Å². The predicted octanol–water partition coefficient (Wildman–Crippen LogP) is 4.26. The number of unbranched alkanes of at least 4 members (excludes halogenated alkanes) is 7. The second-order valence-corrected chi connectivity index (χ2v) is 5.80. The molecule has 0 heterocycles. The second kappa shape index (κ2) is 14.0. The second-order valence-electron chi connectivity index (χ2n) is 5.80. The summed E-state index contributed by atoms with van der Waals surface area (Å²) in [6, 6.07) is 0. The Hall–Kier alpha value is -0.410. The molecule has 0 aromatic carbocycles. The van der Waals surface area contributed by atoms with Crippen LogP contribution in [0.3, 0.4) is 0 Å². The SMILES string of the molecule is CCCCCCCCCCC(C=O)ONCC(C)C. The van der Waals surface area contributed by atoms with Crippen LogP contribution in [0, 0.1) is 5.92 Å². The molecule has 3 heteroatoms. The fourth-order valence-corrected chi connectivity index (χ4v) is 1.96. The van der Waals surface area contributed by atoms with Crippen molar-refractivity contribution in [3.63, 3.8) is 0 Å². The molecule has 0 bridgehead atoms. The third kappa shape index (κ3) is 13.8. The van der Waals surface area contributed by atoms with Gasteiger partial charge in [0.15, 0.2) is 6.29 Å². The van der Waals surface area contributed by atoms with E-state index in [1.54, 1.807) is 0 Å². The van der Waals surface area contributed by atoms with Crippen LogP contribution in [-0.4, -0.2) is 18.9 Å². The lowest BCUT2D eigenvalue weighted by molar-refractivity contribution is -0.124. The Balaban J connectivity index is 3.33. The van der Waals surface area contributed by atoms with Gasteiger partial charge in [-0.2, -0.15) is 0 Å². The van der Waals surface area contributed by atoms with Crippen molar-refractivity contribution in [1.82, 2.24) is 5.48 Å². The summed E-state index contributed by atoms with van der Waals surface area (Å²) >= 11 is 0. The van der Waals surface area contributed by atoms with Crippen LogP contribution in [0.2, 0.25) is 0 Å². The maximum absolute atomic E-state index is 10.9. The summed E-state index contributed by atoms with van der Waals surface area (Å²) in [5.41, 5.74) is 2.88. The Morgan fingerprint density at radius 2 is 1.58 bits per heavy atom. The third-order valence-corrected chi connectivity index (χ3v) is 3.22. The summed E-state index contributed by atoms with van der Waals surface area (Å²) in [4.78, 5) is 16.2. The number of hydrogen-bond acceptors (Lipinski definition) is 3. The van der Waals surface area contributed by atoms with E-state index in [0.717, 1.165) is 25.7 Å². The smallest absolute Gasteiger partial charge is 0.150 e. The first-order valence-electron chi connectivity index (χ1n) is 8.04. The molecule has 0 aromatic rings. The van der Waals surface area contributed by atoms with Gasteiger partial charge in [-0.1, -0.05) is 72.1 Å². The first-order valence-corrected chi connectivity index (χ1v) is 8.04. The molecule has 0 rings (SSSR count). The molecule has 1 unspecified atom stereocenters. The van der Waals surface area contributed by atoms with Crippen molar-refractivity contribution in [3.8, 4) is 0 Å². The van der Waals surface area contributed by atoms with Gasteiger partial charge in [-0.15, -0.1) is 0 Å². The molecule has 0 fully saturated rings. The molecule has 0 saturated heterocycles. The molecule has 0 aliphatic rings. The summed E-state index contributed by atoms with van der Waals surface area (Å²) in [7, 11) is 0. The highest BCUT2D eigenvalue weighted by molar-refractivity contribution is 5.55. The number of hydroxylamine groups is 1. The van der Waals surface area contributed by atoms with Gasteiger partial charge in [0.1, 0.15) is 6.10 Å². The Bertz CT molecular complexity index is 195. The molecule has 0 aliphatic heterocycles. The molecule has 114 valence electrons. The summed E-state index contributed by atoms with van der Waals surface area (Å²) in [6.45, 7) is 7.27. The van der Waals surface area contributed by atoms with E-state index in [-0.39, 0.29) is 6.10 Å². The fraction of sp³-hybridized carbons (Fsp3) is 0.938. The van der Waals surface area contributed by atoms with Gasteiger partial charge in [-0.25, -0.2) is 5.48 Å². The van der Waals surface area contributed by atoms with Gasteiger partial charge in [0.2, 0.25) is 0 Å². The number of rotatable bonds is 14. The minimum Gasteiger partial charge on any atom is -0.300 e. The molecule has 0 amide bonds. The zero-order valence-electron chi connectivity index (χ0n) is 13.1. The maximum atomic E-state index is 10.9. The molecule has 0 aromatic heterocycles. The maximum Gasteiger partial charge on any atom is 0.150 e. The van der Waals surface area contributed by atoms with Crippen molar-refractivity contribution in [2.24, 2.45) is 5.92 Å². The van der Waals surface area contributed by atoms with Crippen molar-refractivity contribution in [2.45, 2.75) is 84.7 Å². The van der Waals surface area contributed by atoms with Crippen molar-refractivity contribution in [2.75, 3.05) is 6.54 Å². The normalized spacial score (nSPS) is 12.8. The minimum atomic E-state index is -0.279. The zero-order chi connectivity index (χ0) is 14.3. The van der Waals surface area contributed by atoms with Gasteiger partial charge in [0.25, 0.3) is 0 Å². The highest BCUT2D eigenvalue weighted by Crippen LogP contribution is 2.11. The van der Waals surface area contributed by atoms with E-state index in [0.29, 0.717) is 5.92 Å². The van der Waals surface area contributed by atoms with E-state index >= 15 is 0 Å². The van der Waals surface area contributed by atoms with Gasteiger partial charge >= 0.3 is 0 Å². The van der Waals surface area contributed by atoms with Crippen LogP contribution in [0.15, 0.2) is 0 Å². The average molecular weight is 271 g/mol. The lowest BCUT2D eigenvalue weighted by Gasteiger charge is -2.13. The standard InChI is InChI=1S/C16H33NO2/c1-4-5-6-7-8-9-10-11-12-16(14-18)19-17-13-15(2)3/h14-17H,4-13H2,1-3H3. The van der Waals surface area contributed by atoms with Crippen molar-refractivity contribution in [1.29, 1.82) is 0 Å². The Kier molecular flexibility index (Phi) is 13.7. The zero-order valence-corrected chi connectivity index (χ0v) is 13.1. The molecule has 0 saturated carbocycles. The van der Waals surface area contributed by atoms with Crippen molar-refractivity contribution >= 4 is 6.29 Å². The number of nitrogens with one attached hydrogen (secondary N) is 1. The number of carbonyl (C=O) groups excluding carboxylic acids is 1. The van der Waals surface area contributed by atoms with Gasteiger partial charge < -0.3 is 4.79 Å². The van der Waals surface area contributed by atoms with Crippen LogP contribution in [0.4, 0.5) is 0 Å². The predicted molar refractivity (Wildman–Crippen MR) is 81.0 cm³/mol. The summed E-state index contributed by atoms with van der Waals surface area (Å²) in [5, 5.41) is 0. The molecule has 0 aliphatic carbocycles. The van der Waals surface area contributed by atoms with Crippen LogP contribution in [-0.2, 0) is 9.63 Å². The van der Waals surface area contributed by atoms with Crippen LogP contribution in [0.25, 0.3) is 0 Å². The molecular formula is C16H33NO2. The first-order chi connectivity index (χ1) is 9.20. The highest BCUT2D eigenvalue weighted by atomic mass is 16.7.